The Morgan fingerprint density at radius 2 is 1.65 bits per heavy atom. The van der Waals surface area contributed by atoms with E-state index in [1.165, 1.54) is 12.1 Å². The zero-order valence-corrected chi connectivity index (χ0v) is 15.5. The maximum absolute atomic E-state index is 12.9. The van der Waals surface area contributed by atoms with E-state index in [0.717, 1.165) is 5.56 Å². The van der Waals surface area contributed by atoms with Gasteiger partial charge in [-0.2, -0.15) is 0 Å². The summed E-state index contributed by atoms with van der Waals surface area (Å²) in [5, 5.41) is 0. The molecule has 2 rings (SSSR count). The van der Waals surface area contributed by atoms with Crippen LogP contribution in [0.15, 0.2) is 41.3 Å². The van der Waals surface area contributed by atoms with Crippen molar-refractivity contribution in [2.45, 2.75) is 25.7 Å². The standard InChI is InChI=1S/C18H20N2O5S/c1-11-8-12(2)17(13(3)9-11)26(23,24)20-15-7-5-4-6-14(15)18(22)25-10-16(19)21/h4-9,20H,10H2,1-3H3,(H2,19,21). The molecule has 0 radical (unpaired) electrons. The van der Waals surface area contributed by atoms with Crippen molar-refractivity contribution >= 4 is 27.6 Å². The van der Waals surface area contributed by atoms with Crippen LogP contribution < -0.4 is 10.5 Å². The summed E-state index contributed by atoms with van der Waals surface area (Å²) in [7, 11) is -3.93. The number of carbonyl (C=O) groups excluding carboxylic acids is 2. The molecule has 1 amide bonds. The molecule has 0 saturated heterocycles. The van der Waals surface area contributed by atoms with Crippen LogP contribution in [0.5, 0.6) is 0 Å². The zero-order valence-electron chi connectivity index (χ0n) is 14.7. The molecule has 0 spiro atoms. The number of anilines is 1. The first-order chi connectivity index (χ1) is 12.1. The van der Waals surface area contributed by atoms with Crippen LogP contribution in [0.4, 0.5) is 5.69 Å². The van der Waals surface area contributed by atoms with Gasteiger partial charge >= 0.3 is 5.97 Å². The van der Waals surface area contributed by atoms with Crippen molar-refractivity contribution in [3.05, 3.63) is 58.7 Å². The predicted molar refractivity (Wildman–Crippen MR) is 97.4 cm³/mol. The van der Waals surface area contributed by atoms with Crippen LogP contribution in [0.2, 0.25) is 0 Å². The Balaban J connectivity index is 2.40. The minimum atomic E-state index is -3.93. The summed E-state index contributed by atoms with van der Waals surface area (Å²) < 4.78 is 32.9. The summed E-state index contributed by atoms with van der Waals surface area (Å²) in [5.41, 5.74) is 7.15. The van der Waals surface area contributed by atoms with E-state index in [-0.39, 0.29) is 16.1 Å². The topological polar surface area (TPSA) is 116 Å². The molecule has 3 N–H and O–H groups in total. The fourth-order valence-corrected chi connectivity index (χ4v) is 4.29. The molecule has 8 heteroatoms. The van der Waals surface area contributed by atoms with Gasteiger partial charge in [0.05, 0.1) is 16.1 Å². The van der Waals surface area contributed by atoms with Crippen molar-refractivity contribution < 1.29 is 22.7 Å². The van der Waals surface area contributed by atoms with Gasteiger partial charge in [-0.05, 0) is 44.0 Å². The predicted octanol–water partition coefficient (Wildman–Crippen LogP) is 2.05. The van der Waals surface area contributed by atoms with E-state index in [0.29, 0.717) is 11.1 Å². The molecular formula is C18H20N2O5S. The Kier molecular flexibility index (Phi) is 5.66. The number of benzene rings is 2. The number of hydrogen-bond donors (Lipinski definition) is 2. The van der Waals surface area contributed by atoms with Crippen molar-refractivity contribution in [1.29, 1.82) is 0 Å². The second-order valence-corrected chi connectivity index (χ2v) is 7.54. The molecule has 0 aromatic heterocycles. The van der Waals surface area contributed by atoms with Crippen molar-refractivity contribution in [2.24, 2.45) is 5.73 Å². The third-order valence-electron chi connectivity index (χ3n) is 3.61. The van der Waals surface area contributed by atoms with Gasteiger partial charge in [0.1, 0.15) is 0 Å². The molecular weight excluding hydrogens is 356 g/mol. The van der Waals surface area contributed by atoms with Crippen LogP contribution in [-0.2, 0) is 19.6 Å². The summed E-state index contributed by atoms with van der Waals surface area (Å²) in [6, 6.07) is 9.52. The molecule has 2 aromatic carbocycles. The van der Waals surface area contributed by atoms with Crippen molar-refractivity contribution in [1.82, 2.24) is 0 Å². The Hall–Kier alpha value is -2.87. The quantitative estimate of drug-likeness (QED) is 0.749. The van der Waals surface area contributed by atoms with E-state index >= 15 is 0 Å². The van der Waals surface area contributed by atoms with Crippen LogP contribution in [-0.4, -0.2) is 26.9 Å². The number of aryl methyl sites for hydroxylation is 3. The molecule has 0 aliphatic carbocycles. The van der Waals surface area contributed by atoms with Gasteiger partial charge in [-0.15, -0.1) is 0 Å². The highest BCUT2D eigenvalue weighted by Gasteiger charge is 2.23. The number of carbonyl (C=O) groups is 2. The summed E-state index contributed by atoms with van der Waals surface area (Å²) in [6.07, 6.45) is 0. The fraction of sp³-hybridized carbons (Fsp3) is 0.222. The maximum Gasteiger partial charge on any atom is 0.340 e. The molecule has 26 heavy (non-hydrogen) atoms. The molecule has 0 unspecified atom stereocenters. The molecule has 138 valence electrons. The molecule has 0 atom stereocenters. The summed E-state index contributed by atoms with van der Waals surface area (Å²) in [4.78, 5) is 23.0. The second kappa shape index (κ2) is 7.57. The zero-order chi connectivity index (χ0) is 19.5. The lowest BCUT2D eigenvalue weighted by Gasteiger charge is -2.15. The molecule has 0 fully saturated rings. The Morgan fingerprint density at radius 3 is 2.23 bits per heavy atom. The van der Waals surface area contributed by atoms with Gasteiger partial charge in [-0.25, -0.2) is 13.2 Å². The molecule has 0 saturated carbocycles. The second-order valence-electron chi connectivity index (χ2n) is 5.92. The number of nitrogens with one attached hydrogen (secondary N) is 1. The largest absolute Gasteiger partial charge is 0.452 e. The van der Waals surface area contributed by atoms with Gasteiger partial charge in [0.15, 0.2) is 6.61 Å². The molecule has 2 aromatic rings. The van der Waals surface area contributed by atoms with E-state index in [4.69, 9.17) is 10.5 Å². The van der Waals surface area contributed by atoms with Gasteiger partial charge in [0.2, 0.25) is 0 Å². The van der Waals surface area contributed by atoms with E-state index < -0.39 is 28.5 Å². The molecule has 0 heterocycles. The average Bonchev–Trinajstić information content (AvgIpc) is 2.51. The lowest BCUT2D eigenvalue weighted by Crippen LogP contribution is -2.22. The molecule has 0 aliphatic heterocycles. The number of hydrogen-bond acceptors (Lipinski definition) is 5. The van der Waals surface area contributed by atoms with Gasteiger partial charge in [0.25, 0.3) is 15.9 Å². The summed E-state index contributed by atoms with van der Waals surface area (Å²) >= 11 is 0. The van der Waals surface area contributed by atoms with E-state index in [2.05, 4.69) is 4.72 Å². The number of esters is 1. The van der Waals surface area contributed by atoms with Crippen molar-refractivity contribution in [2.75, 3.05) is 11.3 Å². The van der Waals surface area contributed by atoms with Crippen LogP contribution >= 0.6 is 0 Å². The number of primary amides is 1. The van der Waals surface area contributed by atoms with Gasteiger partial charge in [-0.3, -0.25) is 9.52 Å². The number of sulfonamides is 1. The highest BCUT2D eigenvalue weighted by Crippen LogP contribution is 2.26. The normalized spacial score (nSPS) is 11.0. The minimum absolute atomic E-state index is 0.0141. The molecule has 7 nitrogen and oxygen atoms in total. The van der Waals surface area contributed by atoms with Crippen LogP contribution in [0.1, 0.15) is 27.0 Å². The first kappa shape index (κ1) is 19.5. The van der Waals surface area contributed by atoms with Gasteiger partial charge in [0, 0.05) is 0 Å². The number of amides is 1. The summed E-state index contributed by atoms with van der Waals surface area (Å²) in [5.74, 6) is -1.65. The fourth-order valence-electron chi connectivity index (χ4n) is 2.75. The van der Waals surface area contributed by atoms with E-state index in [1.807, 2.05) is 6.92 Å². The third-order valence-corrected chi connectivity index (χ3v) is 5.28. The molecule has 0 bridgehead atoms. The number of nitrogens with two attached hydrogens (primary N) is 1. The summed E-state index contributed by atoms with van der Waals surface area (Å²) in [6.45, 7) is 4.72. The van der Waals surface area contributed by atoms with Gasteiger partial charge in [-0.1, -0.05) is 29.8 Å². The first-order valence-electron chi connectivity index (χ1n) is 7.77. The van der Waals surface area contributed by atoms with Crippen molar-refractivity contribution in [3.8, 4) is 0 Å². The number of para-hydroxylation sites is 1. The highest BCUT2D eigenvalue weighted by atomic mass is 32.2. The highest BCUT2D eigenvalue weighted by molar-refractivity contribution is 7.92. The van der Waals surface area contributed by atoms with Crippen LogP contribution in [0, 0.1) is 20.8 Å². The SMILES string of the molecule is Cc1cc(C)c(S(=O)(=O)Nc2ccccc2C(=O)OCC(N)=O)c(C)c1. The van der Waals surface area contributed by atoms with Crippen LogP contribution in [0.3, 0.4) is 0 Å². The van der Waals surface area contributed by atoms with Crippen LogP contribution in [0.25, 0.3) is 0 Å². The Labute approximate surface area is 152 Å². The monoisotopic (exact) mass is 376 g/mol. The lowest BCUT2D eigenvalue weighted by molar-refractivity contribution is -0.121. The molecule has 0 aliphatic rings. The number of ether oxygens (including phenoxy) is 1. The Bertz CT molecular complexity index is 944. The van der Waals surface area contributed by atoms with Gasteiger partial charge < -0.3 is 10.5 Å². The third kappa shape index (κ3) is 4.40. The van der Waals surface area contributed by atoms with Crippen molar-refractivity contribution in [3.63, 3.8) is 0 Å². The maximum atomic E-state index is 12.9. The lowest BCUT2D eigenvalue weighted by atomic mass is 10.1. The Morgan fingerprint density at radius 1 is 1.08 bits per heavy atom. The first-order valence-corrected chi connectivity index (χ1v) is 9.25. The smallest absolute Gasteiger partial charge is 0.340 e. The van der Waals surface area contributed by atoms with E-state index in [1.54, 1.807) is 38.1 Å². The van der Waals surface area contributed by atoms with E-state index in [9.17, 15) is 18.0 Å². The average molecular weight is 376 g/mol. The minimum Gasteiger partial charge on any atom is -0.452 e. The number of rotatable bonds is 6.